The van der Waals surface area contributed by atoms with Crippen LogP contribution in [0, 0.1) is 0 Å². The SMILES string of the molecule is CCCc1nc2c[n+](O)c3cc(OCCCCCCNC(=O)O)ccc3c2s1. The van der Waals surface area contributed by atoms with Gasteiger partial charge >= 0.3 is 6.09 Å². The highest BCUT2D eigenvalue weighted by Crippen LogP contribution is 2.30. The molecule has 0 spiro atoms. The number of benzene rings is 1. The molecule has 0 aliphatic heterocycles. The number of nitrogens with zero attached hydrogens (tertiary/aromatic N) is 2. The van der Waals surface area contributed by atoms with E-state index in [0.29, 0.717) is 18.7 Å². The number of fused-ring (bicyclic) bond motifs is 3. The minimum atomic E-state index is -0.974. The van der Waals surface area contributed by atoms with E-state index in [0.717, 1.165) is 69.6 Å². The van der Waals surface area contributed by atoms with Gasteiger partial charge in [0.1, 0.15) is 5.75 Å². The van der Waals surface area contributed by atoms with E-state index in [1.807, 2.05) is 18.2 Å². The van der Waals surface area contributed by atoms with Crippen molar-refractivity contribution in [1.82, 2.24) is 10.3 Å². The molecule has 0 saturated heterocycles. The second-order valence-corrected chi connectivity index (χ2v) is 7.80. The minimum Gasteiger partial charge on any atom is -0.493 e. The van der Waals surface area contributed by atoms with Gasteiger partial charge in [-0.1, -0.05) is 19.8 Å². The number of carbonyl (C=O) groups is 1. The molecular formula is C20H26N3O4S+. The van der Waals surface area contributed by atoms with Crippen LogP contribution < -0.4 is 14.8 Å². The molecule has 0 saturated carbocycles. The zero-order valence-electron chi connectivity index (χ0n) is 16.0. The highest BCUT2D eigenvalue weighted by atomic mass is 32.1. The maximum Gasteiger partial charge on any atom is 0.404 e. The molecule has 0 radical (unpaired) electrons. The van der Waals surface area contributed by atoms with Crippen molar-refractivity contribution in [2.75, 3.05) is 13.2 Å². The molecular weight excluding hydrogens is 378 g/mol. The average molecular weight is 405 g/mol. The topological polar surface area (TPSA) is 95.6 Å². The molecule has 2 heterocycles. The fourth-order valence-corrected chi connectivity index (χ4v) is 4.28. The summed E-state index contributed by atoms with van der Waals surface area (Å²) in [6, 6.07) is 5.76. The lowest BCUT2D eigenvalue weighted by molar-refractivity contribution is -0.883. The molecule has 0 unspecified atom stereocenters. The Morgan fingerprint density at radius 2 is 2.11 bits per heavy atom. The molecule has 0 bridgehead atoms. The Morgan fingerprint density at radius 3 is 2.89 bits per heavy atom. The fourth-order valence-electron chi connectivity index (χ4n) is 3.11. The number of rotatable bonds is 10. The lowest BCUT2D eigenvalue weighted by atomic mass is 10.2. The van der Waals surface area contributed by atoms with E-state index in [-0.39, 0.29) is 0 Å². The molecule has 1 amide bonds. The number of aryl methyl sites for hydroxylation is 1. The van der Waals surface area contributed by atoms with E-state index in [4.69, 9.17) is 9.84 Å². The van der Waals surface area contributed by atoms with E-state index >= 15 is 0 Å². The minimum absolute atomic E-state index is 0.489. The number of ether oxygens (including phenoxy) is 1. The molecule has 3 aromatic rings. The summed E-state index contributed by atoms with van der Waals surface area (Å²) in [7, 11) is 0. The summed E-state index contributed by atoms with van der Waals surface area (Å²) in [4.78, 5) is 15.0. The zero-order chi connectivity index (χ0) is 19.9. The van der Waals surface area contributed by atoms with E-state index in [9.17, 15) is 10.0 Å². The van der Waals surface area contributed by atoms with E-state index < -0.39 is 6.09 Å². The number of aromatic nitrogens is 2. The van der Waals surface area contributed by atoms with Crippen molar-refractivity contribution in [3.63, 3.8) is 0 Å². The third-order valence-electron chi connectivity index (χ3n) is 4.48. The summed E-state index contributed by atoms with van der Waals surface area (Å²) in [5.74, 6) is 0.723. The summed E-state index contributed by atoms with van der Waals surface area (Å²) in [6.45, 7) is 3.21. The van der Waals surface area contributed by atoms with Crippen LogP contribution in [0.25, 0.3) is 21.1 Å². The Bertz CT molecular complexity index is 957. The van der Waals surface area contributed by atoms with Gasteiger partial charge in [-0.15, -0.1) is 11.3 Å². The van der Waals surface area contributed by atoms with Gasteiger partial charge in [-0.2, -0.15) is 0 Å². The van der Waals surface area contributed by atoms with Gasteiger partial charge < -0.3 is 15.2 Å². The highest BCUT2D eigenvalue weighted by molar-refractivity contribution is 7.19. The lowest BCUT2D eigenvalue weighted by Crippen LogP contribution is -2.30. The third-order valence-corrected chi connectivity index (χ3v) is 5.65. The quantitative estimate of drug-likeness (QED) is 0.268. The second kappa shape index (κ2) is 9.54. The predicted octanol–water partition coefficient (Wildman–Crippen LogP) is 4.13. The molecule has 0 atom stereocenters. The molecule has 3 rings (SSSR count). The number of pyridine rings is 1. The number of hydrogen-bond donors (Lipinski definition) is 3. The summed E-state index contributed by atoms with van der Waals surface area (Å²) >= 11 is 1.68. The zero-order valence-corrected chi connectivity index (χ0v) is 16.8. The van der Waals surface area contributed by atoms with Gasteiger partial charge in [0, 0.05) is 11.3 Å². The average Bonchev–Trinajstić information content (AvgIpc) is 3.06. The molecule has 0 aliphatic rings. The van der Waals surface area contributed by atoms with Crippen LogP contribution in [-0.4, -0.2) is 34.5 Å². The first-order chi connectivity index (χ1) is 13.6. The lowest BCUT2D eigenvalue weighted by Gasteiger charge is -2.06. The Kier molecular flexibility index (Phi) is 6.86. The maximum atomic E-state index is 10.4. The summed E-state index contributed by atoms with van der Waals surface area (Å²) in [6.07, 6.45) is 6.35. The summed E-state index contributed by atoms with van der Waals surface area (Å²) in [5, 5.41) is 23.3. The van der Waals surface area contributed by atoms with Crippen molar-refractivity contribution in [1.29, 1.82) is 0 Å². The highest BCUT2D eigenvalue weighted by Gasteiger charge is 2.18. The monoisotopic (exact) mass is 404 g/mol. The van der Waals surface area contributed by atoms with Crippen molar-refractivity contribution >= 4 is 38.5 Å². The molecule has 3 N–H and O–H groups in total. The first-order valence-electron chi connectivity index (χ1n) is 9.65. The first kappa shape index (κ1) is 20.1. The van der Waals surface area contributed by atoms with Gasteiger partial charge in [-0.25, -0.2) is 9.78 Å². The number of carboxylic acid groups (broad SMARTS) is 1. The summed E-state index contributed by atoms with van der Waals surface area (Å²) < 4.78 is 8.03. The molecule has 28 heavy (non-hydrogen) atoms. The van der Waals surface area contributed by atoms with Crippen LogP contribution >= 0.6 is 11.3 Å². The Morgan fingerprint density at radius 1 is 1.29 bits per heavy atom. The van der Waals surface area contributed by atoms with Crippen LogP contribution in [0.1, 0.15) is 44.0 Å². The van der Waals surface area contributed by atoms with Gasteiger partial charge in [-0.05, 0) is 37.8 Å². The van der Waals surface area contributed by atoms with E-state index in [2.05, 4.69) is 17.2 Å². The van der Waals surface area contributed by atoms with Crippen LogP contribution in [-0.2, 0) is 6.42 Å². The molecule has 1 aromatic carbocycles. The van der Waals surface area contributed by atoms with Crippen molar-refractivity contribution in [3.05, 3.63) is 29.4 Å². The van der Waals surface area contributed by atoms with Gasteiger partial charge in [0.05, 0.1) is 27.8 Å². The van der Waals surface area contributed by atoms with Crippen molar-refractivity contribution in [2.24, 2.45) is 0 Å². The number of unbranched alkanes of at least 4 members (excludes halogenated alkanes) is 3. The number of thiazole rings is 1. The van der Waals surface area contributed by atoms with Crippen LogP contribution in [0.3, 0.4) is 0 Å². The largest absolute Gasteiger partial charge is 0.493 e. The molecule has 0 aliphatic carbocycles. The molecule has 7 nitrogen and oxygen atoms in total. The van der Waals surface area contributed by atoms with Crippen LogP contribution in [0.2, 0.25) is 0 Å². The first-order valence-corrected chi connectivity index (χ1v) is 10.5. The van der Waals surface area contributed by atoms with Crippen molar-refractivity contribution in [3.8, 4) is 5.75 Å². The van der Waals surface area contributed by atoms with Gasteiger partial charge in [-0.3, -0.25) is 5.21 Å². The fraction of sp³-hybridized carbons (Fsp3) is 0.450. The van der Waals surface area contributed by atoms with Gasteiger partial charge in [0.2, 0.25) is 6.20 Å². The normalized spacial score (nSPS) is 11.2. The number of hydrogen-bond acceptors (Lipinski definition) is 5. The second-order valence-electron chi connectivity index (χ2n) is 6.72. The Balaban J connectivity index is 1.58. The maximum absolute atomic E-state index is 10.4. The van der Waals surface area contributed by atoms with Crippen LogP contribution in [0.4, 0.5) is 4.79 Å². The number of amides is 1. The third kappa shape index (κ3) is 5.01. The Hall–Kier alpha value is -2.61. The molecule has 8 heteroatoms. The van der Waals surface area contributed by atoms with Crippen LogP contribution in [0.15, 0.2) is 24.4 Å². The summed E-state index contributed by atoms with van der Waals surface area (Å²) in [5.41, 5.74) is 1.52. The van der Waals surface area contributed by atoms with Crippen molar-refractivity contribution < 1.29 is 24.6 Å². The van der Waals surface area contributed by atoms with E-state index in [1.54, 1.807) is 17.5 Å². The Labute approximate surface area is 167 Å². The standard InChI is InChI=1S/C20H25N3O4S/c1-2-7-18-22-16-13-23(26)17-12-14(8-9-15(17)19(16)28-18)27-11-6-4-3-5-10-21-20(24)25/h8-9,12-13,21H,2-7,10-11H2,1H3,(H-,24,25,26)/p+1. The van der Waals surface area contributed by atoms with Crippen LogP contribution in [0.5, 0.6) is 5.75 Å². The molecule has 150 valence electrons. The smallest absolute Gasteiger partial charge is 0.404 e. The molecule has 0 fully saturated rings. The predicted molar refractivity (Wildman–Crippen MR) is 108 cm³/mol. The van der Waals surface area contributed by atoms with Crippen molar-refractivity contribution in [2.45, 2.75) is 45.4 Å². The van der Waals surface area contributed by atoms with E-state index in [1.165, 1.54) is 0 Å². The molecule has 2 aromatic heterocycles. The van der Waals surface area contributed by atoms with Gasteiger partial charge in [0.25, 0.3) is 5.52 Å². The number of nitrogens with one attached hydrogen (secondary N) is 1. The van der Waals surface area contributed by atoms with Gasteiger partial charge in [0.15, 0.2) is 5.52 Å².